The third-order valence-corrected chi connectivity index (χ3v) is 13.2. The molecule has 0 aliphatic carbocycles. The monoisotopic (exact) mass is 938 g/mol. The second kappa shape index (κ2) is 35.2. The van der Waals surface area contributed by atoms with E-state index >= 15 is 0 Å². The molecule has 3 unspecified atom stereocenters. The van der Waals surface area contributed by atoms with Crippen molar-refractivity contribution in [3.05, 3.63) is 45.8 Å². The van der Waals surface area contributed by atoms with Crippen molar-refractivity contribution in [2.24, 2.45) is 5.73 Å². The molecule has 65 heavy (non-hydrogen) atoms. The normalized spacial score (nSPS) is 13.5. The van der Waals surface area contributed by atoms with E-state index in [0.717, 1.165) is 119 Å². The van der Waals surface area contributed by atoms with Crippen LogP contribution in [0.5, 0.6) is 0 Å². The first-order valence-corrected chi connectivity index (χ1v) is 26.9. The number of carboxylic acids is 1. The summed E-state index contributed by atoms with van der Waals surface area (Å²) in [5.74, 6) is 2.17. The number of hydrogen-bond donors (Lipinski definition) is 3. The molecule has 0 aromatic carbocycles. The molecule has 0 spiro atoms. The van der Waals surface area contributed by atoms with Crippen LogP contribution in [-0.2, 0) is 63.2 Å². The van der Waals surface area contributed by atoms with Crippen LogP contribution < -0.4 is 5.73 Å². The van der Waals surface area contributed by atoms with Gasteiger partial charge in [0.1, 0.15) is 35.7 Å². The first-order valence-electron chi connectivity index (χ1n) is 25.4. The van der Waals surface area contributed by atoms with Crippen LogP contribution in [0.2, 0.25) is 0 Å². The number of unbranched alkanes of at least 4 members (excludes halogenated alkanes) is 20. The number of esters is 2. The molecule has 2 heterocycles. The van der Waals surface area contributed by atoms with Crippen molar-refractivity contribution in [1.82, 2.24) is 0 Å². The Morgan fingerprint density at radius 2 is 1.02 bits per heavy atom. The van der Waals surface area contributed by atoms with Crippen LogP contribution in [0.1, 0.15) is 221 Å². The number of nitrogens with two attached hydrogens (primary N) is 1. The molecule has 0 aliphatic heterocycles. The van der Waals surface area contributed by atoms with Crippen LogP contribution in [0.15, 0.2) is 14.9 Å². The van der Waals surface area contributed by atoms with Gasteiger partial charge in [-0.05, 0) is 82.1 Å². The molecule has 0 bridgehead atoms. The van der Waals surface area contributed by atoms with E-state index in [1.807, 2.05) is 0 Å². The summed E-state index contributed by atoms with van der Waals surface area (Å²) < 4.78 is 45.3. The van der Waals surface area contributed by atoms with Gasteiger partial charge in [-0.15, -0.1) is 0 Å². The molecule has 4 N–H and O–H groups in total. The lowest BCUT2D eigenvalue weighted by molar-refractivity contribution is -0.161. The maximum atomic E-state index is 12.8. The number of carbonyl (C=O) groups excluding carboxylic acids is 2. The topological polar surface area (TPSA) is 198 Å². The summed E-state index contributed by atoms with van der Waals surface area (Å²) in [4.78, 5) is 46.4. The predicted molar refractivity (Wildman–Crippen MR) is 256 cm³/mol. The number of phosphoric ester groups is 1. The van der Waals surface area contributed by atoms with Crippen LogP contribution >= 0.6 is 7.82 Å². The lowest BCUT2D eigenvalue weighted by Crippen LogP contribution is -2.34. The molecule has 14 heteroatoms. The van der Waals surface area contributed by atoms with E-state index in [0.29, 0.717) is 12.8 Å². The molecule has 0 amide bonds. The van der Waals surface area contributed by atoms with Crippen molar-refractivity contribution in [3.63, 3.8) is 0 Å². The minimum absolute atomic E-state index is 0.138. The van der Waals surface area contributed by atoms with E-state index in [1.54, 1.807) is 0 Å². The lowest BCUT2D eigenvalue weighted by Gasteiger charge is -2.20. The summed E-state index contributed by atoms with van der Waals surface area (Å²) in [6.45, 7) is 9.21. The van der Waals surface area contributed by atoms with Gasteiger partial charge in [0.2, 0.25) is 0 Å². The summed E-state index contributed by atoms with van der Waals surface area (Å²) in [6.07, 6.45) is 29.5. The van der Waals surface area contributed by atoms with Crippen LogP contribution in [0.25, 0.3) is 0 Å². The first-order chi connectivity index (χ1) is 31.3. The summed E-state index contributed by atoms with van der Waals surface area (Å²) in [7, 11) is -4.74. The van der Waals surface area contributed by atoms with E-state index in [1.165, 1.54) is 87.3 Å². The molecule has 0 saturated heterocycles. The fourth-order valence-corrected chi connectivity index (χ4v) is 8.69. The Labute approximate surface area is 391 Å². The maximum Gasteiger partial charge on any atom is 0.472 e. The number of hydrogen-bond acceptors (Lipinski definition) is 11. The van der Waals surface area contributed by atoms with Crippen molar-refractivity contribution >= 4 is 25.7 Å². The highest BCUT2D eigenvalue weighted by Crippen LogP contribution is 2.43. The molecule has 2 aromatic heterocycles. The van der Waals surface area contributed by atoms with Gasteiger partial charge in [-0.2, -0.15) is 0 Å². The summed E-state index contributed by atoms with van der Waals surface area (Å²) in [5.41, 5.74) is 9.26. The van der Waals surface area contributed by atoms with Gasteiger partial charge in [0.05, 0.1) is 13.2 Å². The molecule has 0 saturated carbocycles. The molecule has 13 nitrogen and oxygen atoms in total. The molecular weight excluding hydrogens is 850 g/mol. The average Bonchev–Trinajstić information content (AvgIpc) is 3.77. The second-order valence-corrected chi connectivity index (χ2v) is 19.5. The zero-order chi connectivity index (χ0) is 47.7. The van der Waals surface area contributed by atoms with Gasteiger partial charge >= 0.3 is 25.7 Å². The number of phosphoric acid groups is 1. The van der Waals surface area contributed by atoms with E-state index in [2.05, 4.69) is 40.7 Å². The summed E-state index contributed by atoms with van der Waals surface area (Å²) in [5, 5.41) is 8.94. The van der Waals surface area contributed by atoms with Gasteiger partial charge in [0.15, 0.2) is 6.10 Å². The third-order valence-electron chi connectivity index (χ3n) is 12.2. The van der Waals surface area contributed by atoms with E-state index < -0.39 is 51.1 Å². The first kappa shape index (κ1) is 58.2. The van der Waals surface area contributed by atoms with Crippen LogP contribution in [0.3, 0.4) is 0 Å². The maximum absolute atomic E-state index is 12.8. The molecular formula is C51H88NO12P. The Morgan fingerprint density at radius 3 is 1.52 bits per heavy atom. The van der Waals surface area contributed by atoms with Gasteiger partial charge in [-0.25, -0.2) is 4.57 Å². The van der Waals surface area contributed by atoms with Gasteiger partial charge in [0.25, 0.3) is 0 Å². The third kappa shape index (κ3) is 27.5. The van der Waals surface area contributed by atoms with E-state index in [9.17, 15) is 23.8 Å². The molecule has 2 rings (SSSR count). The van der Waals surface area contributed by atoms with Crippen molar-refractivity contribution < 1.29 is 56.3 Å². The van der Waals surface area contributed by atoms with E-state index in [4.69, 9.17) is 38.2 Å². The number of carboxylic acid groups (broad SMARTS) is 1. The van der Waals surface area contributed by atoms with Gasteiger partial charge in [-0.3, -0.25) is 23.4 Å². The van der Waals surface area contributed by atoms with Crippen molar-refractivity contribution in [1.29, 1.82) is 0 Å². The molecule has 374 valence electrons. The lowest BCUT2D eigenvalue weighted by atomic mass is 10.0. The highest BCUT2D eigenvalue weighted by atomic mass is 31.2. The molecule has 0 aliphatic rings. The molecule has 0 radical (unpaired) electrons. The van der Waals surface area contributed by atoms with Gasteiger partial charge in [-0.1, -0.05) is 129 Å². The van der Waals surface area contributed by atoms with Crippen molar-refractivity contribution in [2.75, 3.05) is 19.8 Å². The number of ether oxygens (including phenoxy) is 2. The Balaban J connectivity index is 1.61. The van der Waals surface area contributed by atoms with Crippen LogP contribution in [-0.4, -0.2) is 59.9 Å². The zero-order valence-corrected chi connectivity index (χ0v) is 42.0. The largest absolute Gasteiger partial charge is 0.480 e. The SMILES string of the molecule is CCCCCc1cc(C)c(CCCCCCCCCCCCC(=O)OCC(COP(=O)(O)OCC(N)C(=O)O)OC(=O)CCCCCCCCCCc2oc(CCCCC)c(C)c2C)o1. The molecule has 2 aromatic rings. The Bertz CT molecular complexity index is 1640. The van der Waals surface area contributed by atoms with Gasteiger partial charge in [0, 0.05) is 38.5 Å². The van der Waals surface area contributed by atoms with Gasteiger partial charge < -0.3 is 34.0 Å². The van der Waals surface area contributed by atoms with Crippen LogP contribution in [0, 0.1) is 20.8 Å². The average molecular weight is 938 g/mol. The number of aliphatic carboxylic acids is 1. The highest BCUT2D eigenvalue weighted by molar-refractivity contribution is 7.47. The minimum atomic E-state index is -4.74. The smallest absolute Gasteiger partial charge is 0.472 e. The van der Waals surface area contributed by atoms with Crippen molar-refractivity contribution in [3.8, 4) is 0 Å². The number of furan rings is 2. The number of carbonyl (C=O) groups is 3. The quantitative estimate of drug-likeness (QED) is 0.0323. The highest BCUT2D eigenvalue weighted by Gasteiger charge is 2.28. The Hall–Kier alpha value is -2.96. The standard InChI is InChI=1S/C51H88NO12P/c1-6-8-24-30-43-36-40(3)46(62-43)31-26-20-16-12-10-11-13-18-22-28-34-49(53)59-37-44(38-60-65(57,58)61-39-45(52)51(55)56)63-50(54)35-29-23-19-15-14-17-21-27-33-48-42(5)41(4)47(64-48)32-25-9-7-2/h36,44-45H,6-35,37-39,52H2,1-5H3,(H,55,56)(H,57,58). The Kier molecular flexibility index (Phi) is 31.5. The van der Waals surface area contributed by atoms with Crippen LogP contribution in [0.4, 0.5) is 0 Å². The fourth-order valence-electron chi connectivity index (χ4n) is 7.91. The fraction of sp³-hybridized carbons (Fsp3) is 0.784. The van der Waals surface area contributed by atoms with E-state index in [-0.39, 0.29) is 19.4 Å². The minimum Gasteiger partial charge on any atom is -0.480 e. The number of aryl methyl sites for hydroxylation is 5. The molecule has 3 atom stereocenters. The number of rotatable bonds is 42. The molecule has 0 fully saturated rings. The zero-order valence-electron chi connectivity index (χ0n) is 41.1. The Morgan fingerprint density at radius 1 is 0.585 bits per heavy atom. The predicted octanol–water partition coefficient (Wildman–Crippen LogP) is 12.9. The second-order valence-electron chi connectivity index (χ2n) is 18.1. The van der Waals surface area contributed by atoms with Crippen molar-refractivity contribution in [2.45, 2.75) is 239 Å². The summed E-state index contributed by atoms with van der Waals surface area (Å²) >= 11 is 0. The summed E-state index contributed by atoms with van der Waals surface area (Å²) in [6, 6.07) is 0.680.